The van der Waals surface area contributed by atoms with Crippen LogP contribution in [0.15, 0.2) is 30.3 Å². The van der Waals surface area contributed by atoms with Crippen LogP contribution in [0.5, 0.6) is 0 Å². The lowest BCUT2D eigenvalue weighted by molar-refractivity contribution is -0.147. The maximum Gasteiger partial charge on any atom is 0.311 e. The van der Waals surface area contributed by atoms with E-state index in [4.69, 9.17) is 5.11 Å². The molecule has 2 amide bonds. The molecule has 2 rings (SSSR count). The highest BCUT2D eigenvalue weighted by molar-refractivity contribution is 6.35. The second-order valence-electron chi connectivity index (χ2n) is 5.39. The number of aliphatic hydroxyl groups is 1. The molecule has 22 heavy (non-hydrogen) atoms. The number of benzene rings is 1. The lowest BCUT2D eigenvalue weighted by atomic mass is 10.2. The molecule has 0 unspecified atom stereocenters. The highest BCUT2D eigenvalue weighted by Crippen LogP contribution is 2.08. The molecule has 0 aromatic heterocycles. The third kappa shape index (κ3) is 4.82. The summed E-state index contributed by atoms with van der Waals surface area (Å²) >= 11 is 0. The van der Waals surface area contributed by atoms with Gasteiger partial charge in [-0.25, -0.2) is 0 Å². The Hall–Kier alpha value is -1.92. The molecule has 1 aromatic rings. The Bertz CT molecular complexity index is 485. The Labute approximate surface area is 130 Å². The van der Waals surface area contributed by atoms with Gasteiger partial charge in [-0.3, -0.25) is 14.5 Å². The SMILES string of the molecule is O=C(NCCCO)C(=O)N1CCN(Cc2ccccc2)CC1. The van der Waals surface area contributed by atoms with Gasteiger partial charge in [0.2, 0.25) is 0 Å². The smallest absolute Gasteiger partial charge is 0.311 e. The van der Waals surface area contributed by atoms with Crippen molar-refractivity contribution in [3.63, 3.8) is 0 Å². The molecule has 1 aliphatic rings. The van der Waals surface area contributed by atoms with Crippen LogP contribution >= 0.6 is 0 Å². The van der Waals surface area contributed by atoms with Gasteiger partial charge in [0.25, 0.3) is 0 Å². The summed E-state index contributed by atoms with van der Waals surface area (Å²) in [5, 5.41) is 11.2. The molecule has 0 saturated carbocycles. The fourth-order valence-corrected chi connectivity index (χ4v) is 2.45. The number of hydrogen-bond acceptors (Lipinski definition) is 4. The molecule has 120 valence electrons. The average Bonchev–Trinajstić information content (AvgIpc) is 2.56. The molecule has 0 aliphatic carbocycles. The number of aliphatic hydroxyl groups excluding tert-OH is 1. The maximum atomic E-state index is 12.0. The summed E-state index contributed by atoms with van der Waals surface area (Å²) in [6.07, 6.45) is 0.462. The first-order chi connectivity index (χ1) is 10.7. The number of nitrogens with zero attached hydrogens (tertiary/aromatic N) is 2. The Morgan fingerprint density at radius 2 is 1.77 bits per heavy atom. The van der Waals surface area contributed by atoms with E-state index < -0.39 is 11.8 Å². The molecule has 0 atom stereocenters. The normalized spacial score (nSPS) is 15.6. The molecular weight excluding hydrogens is 282 g/mol. The predicted molar refractivity (Wildman–Crippen MR) is 83.0 cm³/mol. The molecule has 1 saturated heterocycles. The van der Waals surface area contributed by atoms with Crippen LogP contribution in [0.1, 0.15) is 12.0 Å². The van der Waals surface area contributed by atoms with Gasteiger partial charge in [0.1, 0.15) is 0 Å². The zero-order valence-corrected chi connectivity index (χ0v) is 12.7. The first-order valence-electron chi connectivity index (χ1n) is 7.65. The van der Waals surface area contributed by atoms with E-state index >= 15 is 0 Å². The van der Waals surface area contributed by atoms with Crippen molar-refractivity contribution >= 4 is 11.8 Å². The molecule has 1 aromatic carbocycles. The Morgan fingerprint density at radius 3 is 2.41 bits per heavy atom. The highest BCUT2D eigenvalue weighted by Gasteiger charge is 2.25. The van der Waals surface area contributed by atoms with Crippen LogP contribution in [-0.4, -0.2) is 66.1 Å². The van der Waals surface area contributed by atoms with Gasteiger partial charge in [0, 0.05) is 45.9 Å². The molecule has 1 heterocycles. The van der Waals surface area contributed by atoms with E-state index in [1.807, 2.05) is 18.2 Å². The van der Waals surface area contributed by atoms with Gasteiger partial charge >= 0.3 is 11.8 Å². The second-order valence-corrected chi connectivity index (χ2v) is 5.39. The van der Waals surface area contributed by atoms with Crippen LogP contribution in [0, 0.1) is 0 Å². The Balaban J connectivity index is 1.74. The van der Waals surface area contributed by atoms with Crippen LogP contribution in [0.2, 0.25) is 0 Å². The molecule has 0 spiro atoms. The lowest BCUT2D eigenvalue weighted by Crippen LogP contribution is -2.52. The largest absolute Gasteiger partial charge is 0.396 e. The van der Waals surface area contributed by atoms with Gasteiger partial charge in [-0.2, -0.15) is 0 Å². The molecule has 6 heteroatoms. The summed E-state index contributed by atoms with van der Waals surface area (Å²) < 4.78 is 0. The molecule has 6 nitrogen and oxygen atoms in total. The molecule has 1 fully saturated rings. The fourth-order valence-electron chi connectivity index (χ4n) is 2.45. The number of carbonyl (C=O) groups excluding carboxylic acids is 2. The van der Waals surface area contributed by atoms with Crippen molar-refractivity contribution in [2.45, 2.75) is 13.0 Å². The monoisotopic (exact) mass is 305 g/mol. The van der Waals surface area contributed by atoms with E-state index in [1.54, 1.807) is 4.90 Å². The minimum atomic E-state index is -0.579. The van der Waals surface area contributed by atoms with E-state index in [-0.39, 0.29) is 6.61 Å². The van der Waals surface area contributed by atoms with Crippen LogP contribution in [-0.2, 0) is 16.1 Å². The predicted octanol–water partition coefficient (Wildman–Crippen LogP) is -0.171. The van der Waals surface area contributed by atoms with Crippen molar-refractivity contribution in [2.24, 2.45) is 0 Å². The molecule has 2 N–H and O–H groups in total. The second kappa shape index (κ2) is 8.51. The first kappa shape index (κ1) is 16.5. The number of amides is 2. The number of piperazine rings is 1. The third-order valence-corrected chi connectivity index (χ3v) is 3.72. The van der Waals surface area contributed by atoms with Crippen LogP contribution in [0.25, 0.3) is 0 Å². The summed E-state index contributed by atoms with van der Waals surface area (Å²) in [6.45, 7) is 3.88. The fraction of sp³-hybridized carbons (Fsp3) is 0.500. The van der Waals surface area contributed by atoms with Crippen molar-refractivity contribution in [3.05, 3.63) is 35.9 Å². The average molecular weight is 305 g/mol. The number of rotatable bonds is 5. The van der Waals surface area contributed by atoms with E-state index in [9.17, 15) is 9.59 Å². The van der Waals surface area contributed by atoms with E-state index in [2.05, 4.69) is 22.3 Å². The molecule has 0 bridgehead atoms. The summed E-state index contributed by atoms with van der Waals surface area (Å²) in [5.74, 6) is -1.05. The van der Waals surface area contributed by atoms with Crippen LogP contribution < -0.4 is 5.32 Å². The summed E-state index contributed by atoms with van der Waals surface area (Å²) in [4.78, 5) is 27.6. The van der Waals surface area contributed by atoms with Crippen molar-refractivity contribution in [1.29, 1.82) is 0 Å². The van der Waals surface area contributed by atoms with Crippen molar-refractivity contribution in [2.75, 3.05) is 39.3 Å². The summed E-state index contributed by atoms with van der Waals surface area (Å²) in [7, 11) is 0. The summed E-state index contributed by atoms with van der Waals surface area (Å²) in [6, 6.07) is 10.2. The van der Waals surface area contributed by atoms with Crippen molar-refractivity contribution in [3.8, 4) is 0 Å². The third-order valence-electron chi connectivity index (χ3n) is 3.72. The van der Waals surface area contributed by atoms with Gasteiger partial charge in [0.05, 0.1) is 0 Å². The zero-order valence-electron chi connectivity index (χ0n) is 12.7. The molecular formula is C16H23N3O3. The van der Waals surface area contributed by atoms with Gasteiger partial charge in [-0.1, -0.05) is 30.3 Å². The van der Waals surface area contributed by atoms with E-state index in [1.165, 1.54) is 5.56 Å². The highest BCUT2D eigenvalue weighted by atomic mass is 16.3. The summed E-state index contributed by atoms with van der Waals surface area (Å²) in [5.41, 5.74) is 1.25. The van der Waals surface area contributed by atoms with Gasteiger partial charge in [0.15, 0.2) is 0 Å². The zero-order chi connectivity index (χ0) is 15.8. The lowest BCUT2D eigenvalue weighted by Gasteiger charge is -2.34. The van der Waals surface area contributed by atoms with Crippen LogP contribution in [0.4, 0.5) is 0 Å². The van der Waals surface area contributed by atoms with Gasteiger partial charge in [-0.05, 0) is 12.0 Å². The van der Waals surface area contributed by atoms with E-state index in [0.29, 0.717) is 26.1 Å². The topological polar surface area (TPSA) is 72.9 Å². The molecule has 0 radical (unpaired) electrons. The number of carbonyl (C=O) groups is 2. The minimum Gasteiger partial charge on any atom is -0.396 e. The Morgan fingerprint density at radius 1 is 1.09 bits per heavy atom. The Kier molecular flexibility index (Phi) is 6.36. The van der Waals surface area contributed by atoms with Gasteiger partial charge in [-0.15, -0.1) is 0 Å². The molecule has 1 aliphatic heterocycles. The van der Waals surface area contributed by atoms with Gasteiger partial charge < -0.3 is 15.3 Å². The standard InChI is InChI=1S/C16H23N3O3/c20-12-4-7-17-15(21)16(22)19-10-8-18(9-11-19)13-14-5-2-1-3-6-14/h1-3,5-6,20H,4,7-13H2,(H,17,21). The maximum absolute atomic E-state index is 12.0. The first-order valence-corrected chi connectivity index (χ1v) is 7.65. The van der Waals surface area contributed by atoms with Crippen LogP contribution in [0.3, 0.4) is 0 Å². The minimum absolute atomic E-state index is 0.00658. The van der Waals surface area contributed by atoms with Crippen molar-refractivity contribution < 1.29 is 14.7 Å². The quantitative estimate of drug-likeness (QED) is 0.585. The number of hydrogen-bond donors (Lipinski definition) is 2. The number of nitrogens with one attached hydrogen (secondary N) is 1. The van der Waals surface area contributed by atoms with Crippen molar-refractivity contribution in [1.82, 2.24) is 15.1 Å². The van der Waals surface area contributed by atoms with E-state index in [0.717, 1.165) is 19.6 Å².